The second-order valence-electron chi connectivity index (χ2n) is 3.40. The zero-order chi connectivity index (χ0) is 10.8. The molecule has 1 saturated heterocycles. The summed E-state index contributed by atoms with van der Waals surface area (Å²) in [7, 11) is 0. The van der Waals surface area contributed by atoms with E-state index in [2.05, 4.69) is 10.1 Å². The molecule has 0 unspecified atom stereocenters. The van der Waals surface area contributed by atoms with Crippen molar-refractivity contribution in [3.8, 4) is 0 Å². The Labute approximate surface area is 97.0 Å². The van der Waals surface area contributed by atoms with E-state index in [-0.39, 0.29) is 23.0 Å². The molecule has 1 aliphatic rings. The quantitative estimate of drug-likeness (QED) is 0.791. The lowest BCUT2D eigenvalue weighted by molar-refractivity contribution is -0.130. The third kappa shape index (κ3) is 2.41. The Hall–Kier alpha value is -0.810. The lowest BCUT2D eigenvalue weighted by atomic mass is 10.4. The average Bonchev–Trinajstić information content (AvgIpc) is 2.76. The molecule has 82 valence electrons. The number of hydrogen-bond acceptors (Lipinski definition) is 3. The maximum atomic E-state index is 11.7. The summed E-state index contributed by atoms with van der Waals surface area (Å²) in [5.41, 5.74) is 0. The van der Waals surface area contributed by atoms with Crippen LogP contribution in [0.15, 0.2) is 0 Å². The van der Waals surface area contributed by atoms with Crippen LogP contribution in [0.1, 0.15) is 12.8 Å². The number of hydrogen-bond donors (Lipinski definition) is 0. The van der Waals surface area contributed by atoms with Gasteiger partial charge >= 0.3 is 0 Å². The summed E-state index contributed by atoms with van der Waals surface area (Å²) in [6.45, 7) is 1.75. The van der Waals surface area contributed by atoms with Crippen LogP contribution in [0.5, 0.6) is 0 Å². The first kappa shape index (κ1) is 10.7. The third-order valence-corrected chi connectivity index (χ3v) is 2.78. The van der Waals surface area contributed by atoms with Crippen LogP contribution in [-0.4, -0.2) is 38.7 Å². The SMILES string of the molecule is O=C(Cn1nc(Cl)nc1Cl)N1CCCC1. The second-order valence-corrected chi connectivity index (χ2v) is 4.07. The van der Waals surface area contributed by atoms with Gasteiger partial charge in [0.05, 0.1) is 0 Å². The highest BCUT2D eigenvalue weighted by molar-refractivity contribution is 6.31. The van der Waals surface area contributed by atoms with Gasteiger partial charge in [-0.15, -0.1) is 5.10 Å². The Balaban J connectivity index is 2.01. The molecule has 0 N–H and O–H groups in total. The van der Waals surface area contributed by atoms with Crippen molar-refractivity contribution in [1.82, 2.24) is 19.7 Å². The molecular formula is C8H10Cl2N4O. The minimum Gasteiger partial charge on any atom is -0.341 e. The first-order valence-corrected chi connectivity index (χ1v) is 5.46. The largest absolute Gasteiger partial charge is 0.341 e. The summed E-state index contributed by atoms with van der Waals surface area (Å²) in [6, 6.07) is 0. The molecule has 1 aromatic heterocycles. The van der Waals surface area contributed by atoms with Crippen LogP contribution < -0.4 is 0 Å². The minimum absolute atomic E-state index is 0.0102. The fourth-order valence-electron chi connectivity index (χ4n) is 1.59. The van der Waals surface area contributed by atoms with Crippen LogP contribution in [-0.2, 0) is 11.3 Å². The molecule has 15 heavy (non-hydrogen) atoms. The molecule has 1 aromatic rings. The molecule has 0 saturated carbocycles. The van der Waals surface area contributed by atoms with Gasteiger partial charge in [0.1, 0.15) is 6.54 Å². The predicted molar refractivity (Wildman–Crippen MR) is 55.9 cm³/mol. The van der Waals surface area contributed by atoms with Crippen molar-refractivity contribution >= 4 is 29.1 Å². The first-order chi connectivity index (χ1) is 7.16. The van der Waals surface area contributed by atoms with E-state index in [1.165, 1.54) is 4.68 Å². The van der Waals surface area contributed by atoms with Gasteiger partial charge in [-0.3, -0.25) is 4.79 Å². The summed E-state index contributed by atoms with van der Waals surface area (Å²) in [5.74, 6) is 0.0102. The number of nitrogens with zero attached hydrogens (tertiary/aromatic N) is 4. The van der Waals surface area contributed by atoms with Crippen molar-refractivity contribution in [3.63, 3.8) is 0 Å². The molecule has 2 rings (SSSR count). The molecule has 0 aliphatic carbocycles. The van der Waals surface area contributed by atoms with Gasteiger partial charge in [0.25, 0.3) is 0 Å². The number of carbonyl (C=O) groups excluding carboxylic acids is 1. The van der Waals surface area contributed by atoms with Gasteiger partial charge in [-0.1, -0.05) is 0 Å². The topological polar surface area (TPSA) is 51.0 Å². The molecule has 5 nitrogen and oxygen atoms in total. The zero-order valence-electron chi connectivity index (χ0n) is 7.99. The van der Waals surface area contributed by atoms with E-state index in [1.54, 1.807) is 4.90 Å². The second kappa shape index (κ2) is 4.37. The number of halogens is 2. The van der Waals surface area contributed by atoms with E-state index < -0.39 is 0 Å². The molecular weight excluding hydrogens is 239 g/mol. The molecule has 1 fully saturated rings. The molecule has 1 amide bonds. The van der Waals surface area contributed by atoms with Crippen LogP contribution in [0.3, 0.4) is 0 Å². The van der Waals surface area contributed by atoms with E-state index in [0.29, 0.717) is 0 Å². The summed E-state index contributed by atoms with van der Waals surface area (Å²) in [4.78, 5) is 17.2. The van der Waals surface area contributed by atoms with Crippen LogP contribution in [0, 0.1) is 0 Å². The first-order valence-electron chi connectivity index (χ1n) is 4.70. The van der Waals surface area contributed by atoms with E-state index in [4.69, 9.17) is 23.2 Å². The van der Waals surface area contributed by atoms with E-state index in [9.17, 15) is 4.79 Å². The normalized spacial score (nSPS) is 16.0. The van der Waals surface area contributed by atoms with Crippen molar-refractivity contribution in [2.45, 2.75) is 19.4 Å². The Bertz CT molecular complexity index is 373. The fraction of sp³-hybridized carbons (Fsp3) is 0.625. The minimum atomic E-state index is 0.0102. The highest BCUT2D eigenvalue weighted by atomic mass is 35.5. The third-order valence-electron chi connectivity index (χ3n) is 2.34. The number of amides is 1. The lowest BCUT2D eigenvalue weighted by Crippen LogP contribution is -2.31. The summed E-state index contributed by atoms with van der Waals surface area (Å²) in [6.07, 6.45) is 2.13. The lowest BCUT2D eigenvalue weighted by Gasteiger charge is -2.14. The van der Waals surface area contributed by atoms with Crippen LogP contribution in [0.25, 0.3) is 0 Å². The van der Waals surface area contributed by atoms with Crippen LogP contribution in [0.2, 0.25) is 10.6 Å². The van der Waals surface area contributed by atoms with Crippen LogP contribution >= 0.6 is 23.2 Å². The van der Waals surface area contributed by atoms with Crippen molar-refractivity contribution in [3.05, 3.63) is 10.6 Å². The van der Waals surface area contributed by atoms with Gasteiger partial charge in [-0.25, -0.2) is 4.68 Å². The Morgan fingerprint density at radius 3 is 2.53 bits per heavy atom. The van der Waals surface area contributed by atoms with Crippen molar-refractivity contribution in [2.24, 2.45) is 0 Å². The molecule has 2 heterocycles. The summed E-state index contributed by atoms with van der Waals surface area (Å²) < 4.78 is 1.31. The number of aromatic nitrogens is 3. The maximum Gasteiger partial charge on any atom is 0.244 e. The van der Waals surface area contributed by atoms with Gasteiger partial charge in [0, 0.05) is 13.1 Å². The van der Waals surface area contributed by atoms with Gasteiger partial charge < -0.3 is 4.90 Å². The predicted octanol–water partition coefficient (Wildman–Crippen LogP) is 1.21. The number of likely N-dealkylation sites (tertiary alicyclic amines) is 1. The van der Waals surface area contributed by atoms with Crippen LogP contribution in [0.4, 0.5) is 0 Å². The molecule has 0 spiro atoms. The van der Waals surface area contributed by atoms with E-state index >= 15 is 0 Å². The Morgan fingerprint density at radius 1 is 1.33 bits per heavy atom. The summed E-state index contributed by atoms with van der Waals surface area (Å²) >= 11 is 11.3. The van der Waals surface area contributed by atoms with Gasteiger partial charge in [0.2, 0.25) is 16.5 Å². The van der Waals surface area contributed by atoms with Crippen molar-refractivity contribution in [2.75, 3.05) is 13.1 Å². The molecule has 0 atom stereocenters. The van der Waals surface area contributed by atoms with E-state index in [1.807, 2.05) is 0 Å². The average molecular weight is 249 g/mol. The fourth-order valence-corrected chi connectivity index (χ4v) is 1.98. The molecule has 0 bridgehead atoms. The highest BCUT2D eigenvalue weighted by Crippen LogP contribution is 2.12. The van der Waals surface area contributed by atoms with Gasteiger partial charge in [0.15, 0.2) is 0 Å². The van der Waals surface area contributed by atoms with Crippen molar-refractivity contribution < 1.29 is 4.79 Å². The van der Waals surface area contributed by atoms with E-state index in [0.717, 1.165) is 25.9 Å². The molecule has 0 radical (unpaired) electrons. The van der Waals surface area contributed by atoms with Gasteiger partial charge in [-0.05, 0) is 36.0 Å². The zero-order valence-corrected chi connectivity index (χ0v) is 9.50. The number of carbonyl (C=O) groups is 1. The molecule has 0 aromatic carbocycles. The monoisotopic (exact) mass is 248 g/mol. The summed E-state index contributed by atoms with van der Waals surface area (Å²) in [5, 5.41) is 4.02. The highest BCUT2D eigenvalue weighted by Gasteiger charge is 2.19. The Kier molecular flexibility index (Phi) is 3.11. The van der Waals surface area contributed by atoms with Crippen molar-refractivity contribution in [1.29, 1.82) is 0 Å². The standard InChI is InChI=1S/C8H10Cl2N4O/c9-7-11-8(10)14(12-7)5-6(15)13-3-1-2-4-13/h1-5H2. The molecule has 7 heteroatoms. The molecule has 1 aliphatic heterocycles. The Morgan fingerprint density at radius 2 is 2.00 bits per heavy atom. The van der Waals surface area contributed by atoms with Gasteiger partial charge in [-0.2, -0.15) is 4.98 Å². The smallest absolute Gasteiger partial charge is 0.244 e. The number of rotatable bonds is 2. The maximum absolute atomic E-state index is 11.7.